The Hall–Kier alpha value is -3.49. The quantitative estimate of drug-likeness (QED) is 0.407. The maximum Gasteiger partial charge on any atom is 0.236 e. The van der Waals surface area contributed by atoms with Gasteiger partial charge in [-0.3, -0.25) is 4.79 Å². The lowest BCUT2D eigenvalue weighted by atomic mass is 10.0. The van der Waals surface area contributed by atoms with E-state index < -0.39 is 5.25 Å². The van der Waals surface area contributed by atoms with Crippen LogP contribution in [0.1, 0.15) is 17.2 Å². The van der Waals surface area contributed by atoms with Gasteiger partial charge in [0.25, 0.3) is 0 Å². The smallest absolute Gasteiger partial charge is 0.236 e. The molecule has 172 valence electrons. The molecule has 0 saturated carbocycles. The first-order chi connectivity index (χ1) is 16.6. The molecule has 2 atom stereocenters. The molecule has 1 aliphatic heterocycles. The summed E-state index contributed by atoms with van der Waals surface area (Å²) in [7, 11) is 1.63. The van der Waals surface area contributed by atoms with Gasteiger partial charge in [-0.05, 0) is 35.4 Å². The molecule has 0 fully saturated rings. The molecule has 0 saturated heterocycles. The summed E-state index contributed by atoms with van der Waals surface area (Å²) < 4.78 is 7.06. The molecule has 2 heterocycles. The van der Waals surface area contributed by atoms with Gasteiger partial charge in [-0.25, -0.2) is 4.68 Å². The van der Waals surface area contributed by atoms with Crippen LogP contribution in [0.2, 0.25) is 5.02 Å². The van der Waals surface area contributed by atoms with Gasteiger partial charge in [0.15, 0.2) is 5.82 Å². The maximum atomic E-state index is 13.4. The Bertz CT molecular complexity index is 1280. The zero-order valence-electron chi connectivity index (χ0n) is 18.3. The van der Waals surface area contributed by atoms with E-state index in [-0.39, 0.29) is 11.9 Å². The molecule has 0 unspecified atom stereocenters. The Morgan fingerprint density at radius 1 is 1.06 bits per heavy atom. The second kappa shape index (κ2) is 9.79. The molecular weight excluding hydrogens is 470 g/mol. The lowest BCUT2D eigenvalue weighted by molar-refractivity contribution is -0.121. The summed E-state index contributed by atoms with van der Waals surface area (Å²) in [6, 6.07) is 24.7. The van der Waals surface area contributed by atoms with E-state index in [9.17, 15) is 4.79 Å². The largest absolute Gasteiger partial charge is 0.497 e. The highest BCUT2D eigenvalue weighted by Crippen LogP contribution is 2.38. The van der Waals surface area contributed by atoms with Crippen LogP contribution in [0.15, 0.2) is 84.0 Å². The molecule has 5 rings (SSSR count). The number of nitrogens with one attached hydrogen (secondary N) is 2. The molecule has 2 N–H and O–H groups in total. The Morgan fingerprint density at radius 3 is 2.50 bits per heavy atom. The van der Waals surface area contributed by atoms with E-state index in [1.165, 1.54) is 11.8 Å². The summed E-state index contributed by atoms with van der Waals surface area (Å²) in [6.45, 7) is 0.412. The van der Waals surface area contributed by atoms with Crippen LogP contribution >= 0.6 is 23.4 Å². The number of nitrogens with zero attached hydrogens (tertiary/aromatic N) is 3. The minimum atomic E-state index is -0.459. The molecule has 7 nitrogen and oxygen atoms in total. The van der Waals surface area contributed by atoms with Crippen LogP contribution in [0, 0.1) is 0 Å². The van der Waals surface area contributed by atoms with E-state index in [2.05, 4.69) is 20.9 Å². The monoisotopic (exact) mass is 491 g/mol. The SMILES string of the molecule is COc1ccc(CNC(=O)[C@H]2Sc3nnc(-c4ccccc4)n3N[C@@H]2c2ccc(Cl)cc2)cc1. The van der Waals surface area contributed by atoms with E-state index in [0.29, 0.717) is 22.5 Å². The van der Waals surface area contributed by atoms with Crippen LogP contribution < -0.4 is 15.5 Å². The van der Waals surface area contributed by atoms with Gasteiger partial charge in [0.1, 0.15) is 11.0 Å². The number of hydrogen-bond donors (Lipinski definition) is 2. The second-order valence-corrected chi connectivity index (χ2v) is 9.32. The number of ether oxygens (including phenoxy) is 1. The van der Waals surface area contributed by atoms with Crippen LogP contribution in [-0.2, 0) is 11.3 Å². The summed E-state index contributed by atoms with van der Waals surface area (Å²) in [5.41, 5.74) is 6.34. The fraction of sp³-hybridized carbons (Fsp3) is 0.160. The van der Waals surface area contributed by atoms with Gasteiger partial charge in [-0.15, -0.1) is 10.2 Å². The van der Waals surface area contributed by atoms with Crippen molar-refractivity contribution in [2.75, 3.05) is 12.5 Å². The van der Waals surface area contributed by atoms with Crippen molar-refractivity contribution in [3.8, 4) is 17.1 Å². The highest BCUT2D eigenvalue weighted by Gasteiger charge is 2.37. The second-order valence-electron chi connectivity index (χ2n) is 7.77. The molecule has 0 radical (unpaired) electrons. The van der Waals surface area contributed by atoms with E-state index in [1.54, 1.807) is 7.11 Å². The predicted octanol–water partition coefficient (Wildman–Crippen LogP) is 4.68. The first-order valence-corrected chi connectivity index (χ1v) is 12.0. The fourth-order valence-electron chi connectivity index (χ4n) is 3.78. The average molecular weight is 492 g/mol. The van der Waals surface area contributed by atoms with Crippen molar-refractivity contribution < 1.29 is 9.53 Å². The summed E-state index contributed by atoms with van der Waals surface area (Å²) in [4.78, 5) is 13.4. The molecule has 1 aliphatic rings. The third-order valence-electron chi connectivity index (χ3n) is 5.58. The predicted molar refractivity (Wildman–Crippen MR) is 133 cm³/mol. The molecule has 3 aromatic carbocycles. The van der Waals surface area contributed by atoms with E-state index in [4.69, 9.17) is 16.3 Å². The van der Waals surface area contributed by atoms with Crippen molar-refractivity contribution in [2.24, 2.45) is 0 Å². The minimum absolute atomic E-state index is 0.0937. The Labute approximate surface area is 206 Å². The van der Waals surface area contributed by atoms with Crippen LogP contribution in [0.4, 0.5) is 0 Å². The van der Waals surface area contributed by atoms with Crippen molar-refractivity contribution in [2.45, 2.75) is 23.0 Å². The first-order valence-electron chi connectivity index (χ1n) is 10.7. The topological polar surface area (TPSA) is 81.1 Å². The number of fused-ring (bicyclic) bond motifs is 1. The van der Waals surface area contributed by atoms with Crippen LogP contribution in [-0.4, -0.2) is 33.1 Å². The van der Waals surface area contributed by atoms with Gasteiger partial charge >= 0.3 is 0 Å². The van der Waals surface area contributed by atoms with Crippen LogP contribution in [0.25, 0.3) is 11.4 Å². The standard InChI is InChI=1S/C25H22ClN5O2S/c1-33-20-13-7-16(8-14-20)15-27-24(32)22-21(17-9-11-19(26)12-10-17)30-31-23(28-29-25(31)34-22)18-5-3-2-4-6-18/h2-14,21-22,30H,15H2,1H3,(H,27,32)/t21-,22+/m1/s1. The third kappa shape index (κ3) is 4.60. The molecule has 1 aromatic heterocycles. The van der Waals surface area contributed by atoms with Crippen LogP contribution in [0.3, 0.4) is 0 Å². The Balaban J connectivity index is 1.42. The number of methoxy groups -OCH3 is 1. The number of aromatic nitrogens is 3. The number of carbonyl (C=O) groups is 1. The number of carbonyl (C=O) groups excluding carboxylic acids is 1. The van der Waals surface area contributed by atoms with Crippen molar-refractivity contribution in [3.05, 3.63) is 95.0 Å². The average Bonchev–Trinajstić information content (AvgIpc) is 3.31. The van der Waals surface area contributed by atoms with Crippen molar-refractivity contribution in [1.29, 1.82) is 0 Å². The zero-order valence-corrected chi connectivity index (χ0v) is 19.9. The number of amides is 1. The zero-order chi connectivity index (χ0) is 23.5. The summed E-state index contributed by atoms with van der Waals surface area (Å²) in [5, 5.41) is 12.6. The molecule has 4 aromatic rings. The van der Waals surface area contributed by atoms with Crippen molar-refractivity contribution in [3.63, 3.8) is 0 Å². The molecule has 9 heteroatoms. The van der Waals surface area contributed by atoms with E-state index >= 15 is 0 Å². The van der Waals surface area contributed by atoms with Gasteiger partial charge in [0.2, 0.25) is 11.1 Å². The highest BCUT2D eigenvalue weighted by molar-refractivity contribution is 8.00. The number of rotatable bonds is 6. The van der Waals surface area contributed by atoms with Crippen molar-refractivity contribution in [1.82, 2.24) is 20.2 Å². The highest BCUT2D eigenvalue weighted by atomic mass is 35.5. The molecule has 0 bridgehead atoms. The Kier molecular flexibility index (Phi) is 6.42. The summed E-state index contributed by atoms with van der Waals surface area (Å²) >= 11 is 7.51. The molecular formula is C25H22ClN5O2S. The number of benzene rings is 3. The van der Waals surface area contributed by atoms with Gasteiger partial charge in [0.05, 0.1) is 13.2 Å². The number of thioether (sulfide) groups is 1. The number of halogens is 1. The number of hydrogen-bond acceptors (Lipinski definition) is 6. The molecule has 34 heavy (non-hydrogen) atoms. The lowest BCUT2D eigenvalue weighted by Gasteiger charge is -2.33. The Morgan fingerprint density at radius 2 is 1.79 bits per heavy atom. The molecule has 0 aliphatic carbocycles. The third-order valence-corrected chi connectivity index (χ3v) is 7.05. The molecule has 0 spiro atoms. The lowest BCUT2D eigenvalue weighted by Crippen LogP contribution is -2.43. The van der Waals surface area contributed by atoms with Gasteiger partial charge in [0, 0.05) is 17.1 Å². The first kappa shape index (κ1) is 22.3. The van der Waals surface area contributed by atoms with Gasteiger partial charge in [-0.1, -0.05) is 78.0 Å². The minimum Gasteiger partial charge on any atom is -0.497 e. The fourth-order valence-corrected chi connectivity index (χ4v) is 5.01. The summed E-state index contributed by atoms with van der Waals surface area (Å²) in [5.74, 6) is 1.38. The van der Waals surface area contributed by atoms with E-state index in [0.717, 1.165) is 22.4 Å². The van der Waals surface area contributed by atoms with Gasteiger partial charge < -0.3 is 15.5 Å². The van der Waals surface area contributed by atoms with Crippen LogP contribution in [0.5, 0.6) is 5.75 Å². The van der Waals surface area contributed by atoms with Crippen molar-refractivity contribution >= 4 is 29.3 Å². The van der Waals surface area contributed by atoms with Gasteiger partial charge in [-0.2, -0.15) is 0 Å². The normalized spacial score (nSPS) is 16.9. The maximum absolute atomic E-state index is 13.4. The molecule has 1 amide bonds. The summed E-state index contributed by atoms with van der Waals surface area (Å²) in [6.07, 6.45) is 0. The van der Waals surface area contributed by atoms with E-state index in [1.807, 2.05) is 83.5 Å².